The number of hydrogen-bond acceptors (Lipinski definition) is 5. The summed E-state index contributed by atoms with van der Waals surface area (Å²) in [4.78, 5) is 25.5. The highest BCUT2D eigenvalue weighted by atomic mass is 32.1. The van der Waals surface area contributed by atoms with Crippen LogP contribution in [-0.4, -0.2) is 40.0 Å². The highest BCUT2D eigenvalue weighted by Gasteiger charge is 2.21. The van der Waals surface area contributed by atoms with Crippen molar-refractivity contribution < 1.29 is 9.59 Å². The summed E-state index contributed by atoms with van der Waals surface area (Å²) in [5.41, 5.74) is 1.51. The molecule has 0 radical (unpaired) electrons. The Labute approximate surface area is 117 Å². The van der Waals surface area contributed by atoms with Gasteiger partial charge in [-0.15, -0.1) is 10.2 Å². The Bertz CT molecular complexity index is 386. The maximum Gasteiger partial charge on any atom is 0.315 e. The fourth-order valence-corrected chi connectivity index (χ4v) is 1.97. The number of rotatable bonds is 7. The second-order valence-electron chi connectivity index (χ2n) is 4.20. The van der Waals surface area contributed by atoms with Gasteiger partial charge in [0.15, 0.2) is 0 Å². The predicted molar refractivity (Wildman–Crippen MR) is 74.9 cm³/mol. The van der Waals surface area contributed by atoms with Gasteiger partial charge in [0, 0.05) is 13.1 Å². The van der Waals surface area contributed by atoms with Crippen LogP contribution in [0.5, 0.6) is 0 Å². The first-order valence-corrected chi connectivity index (χ1v) is 7.43. The van der Waals surface area contributed by atoms with Crippen LogP contribution in [0.25, 0.3) is 0 Å². The third-order valence-corrected chi connectivity index (χ3v) is 3.23. The minimum Gasteiger partial charge on any atom is -0.334 e. The molecule has 0 unspecified atom stereocenters. The molecule has 7 heteroatoms. The van der Waals surface area contributed by atoms with E-state index in [0.717, 1.165) is 25.7 Å². The van der Waals surface area contributed by atoms with Crippen LogP contribution in [-0.2, 0) is 9.59 Å². The third kappa shape index (κ3) is 5.34. The summed E-state index contributed by atoms with van der Waals surface area (Å²) >= 11 is 1.19. The highest BCUT2D eigenvalue weighted by Crippen LogP contribution is 2.08. The van der Waals surface area contributed by atoms with Crippen LogP contribution in [0.1, 0.15) is 39.5 Å². The first-order valence-electron chi connectivity index (χ1n) is 6.55. The molecule has 0 aliphatic carbocycles. The van der Waals surface area contributed by atoms with Gasteiger partial charge in [0.1, 0.15) is 5.51 Å². The van der Waals surface area contributed by atoms with Gasteiger partial charge in [-0.2, -0.15) is 0 Å². The van der Waals surface area contributed by atoms with Crippen molar-refractivity contribution in [3.05, 3.63) is 5.51 Å². The summed E-state index contributed by atoms with van der Waals surface area (Å²) in [6, 6.07) is 0. The molecule has 106 valence electrons. The second kappa shape index (κ2) is 8.58. The molecule has 1 rings (SSSR count). The molecule has 0 atom stereocenters. The number of amides is 2. The molecule has 0 bridgehead atoms. The molecule has 0 spiro atoms. The quantitative estimate of drug-likeness (QED) is 0.776. The zero-order chi connectivity index (χ0) is 14.1. The van der Waals surface area contributed by atoms with E-state index in [4.69, 9.17) is 0 Å². The van der Waals surface area contributed by atoms with E-state index in [0.29, 0.717) is 18.2 Å². The number of nitrogens with zero attached hydrogens (tertiary/aromatic N) is 3. The van der Waals surface area contributed by atoms with E-state index in [1.54, 1.807) is 4.90 Å². The zero-order valence-electron chi connectivity index (χ0n) is 11.4. The Morgan fingerprint density at radius 3 is 2.37 bits per heavy atom. The molecule has 0 aliphatic heterocycles. The Morgan fingerprint density at radius 1 is 1.26 bits per heavy atom. The molecule has 19 heavy (non-hydrogen) atoms. The number of hydrogen-bond donors (Lipinski definition) is 1. The van der Waals surface area contributed by atoms with E-state index in [-0.39, 0.29) is 0 Å². The molecule has 1 heterocycles. The van der Waals surface area contributed by atoms with Crippen LogP contribution in [0.15, 0.2) is 5.51 Å². The lowest BCUT2D eigenvalue weighted by molar-refractivity contribution is -0.143. The molecule has 6 nitrogen and oxygen atoms in total. The van der Waals surface area contributed by atoms with E-state index < -0.39 is 11.8 Å². The van der Waals surface area contributed by atoms with E-state index in [9.17, 15) is 9.59 Å². The summed E-state index contributed by atoms with van der Waals surface area (Å²) < 4.78 is 0. The summed E-state index contributed by atoms with van der Waals surface area (Å²) in [5, 5.41) is 10.1. The molecule has 2 amide bonds. The molecule has 1 aromatic rings. The Balaban J connectivity index is 2.55. The van der Waals surface area contributed by atoms with E-state index in [1.165, 1.54) is 16.8 Å². The van der Waals surface area contributed by atoms with Crippen LogP contribution >= 0.6 is 11.3 Å². The minimum absolute atomic E-state index is 0.351. The standard InChI is InChI=1S/C12H20N4O2S/c1-3-5-7-16(8-6-4-2)11(18)10(17)14-12-15-13-9-19-12/h9H,3-8H2,1-2H3,(H,14,15,17). The lowest BCUT2D eigenvalue weighted by Gasteiger charge is -2.21. The number of aromatic nitrogens is 2. The van der Waals surface area contributed by atoms with Crippen molar-refractivity contribution in [1.29, 1.82) is 0 Å². The van der Waals surface area contributed by atoms with E-state index in [2.05, 4.69) is 29.4 Å². The van der Waals surface area contributed by atoms with Gasteiger partial charge in [0.25, 0.3) is 0 Å². The second-order valence-corrected chi connectivity index (χ2v) is 5.03. The first-order chi connectivity index (χ1) is 9.19. The van der Waals surface area contributed by atoms with Gasteiger partial charge in [0.2, 0.25) is 5.13 Å². The molecule has 0 saturated carbocycles. The molecular formula is C12H20N4O2S. The summed E-state index contributed by atoms with van der Waals surface area (Å²) in [7, 11) is 0. The van der Waals surface area contributed by atoms with Gasteiger partial charge in [-0.05, 0) is 12.8 Å². The lowest BCUT2D eigenvalue weighted by Crippen LogP contribution is -2.40. The SMILES string of the molecule is CCCCN(CCCC)C(=O)C(=O)Nc1nncs1. The molecule has 0 aliphatic rings. The number of unbranched alkanes of at least 4 members (excludes halogenated alkanes) is 2. The average Bonchev–Trinajstić information content (AvgIpc) is 2.91. The van der Waals surface area contributed by atoms with Crippen LogP contribution in [0.2, 0.25) is 0 Å². The largest absolute Gasteiger partial charge is 0.334 e. The third-order valence-electron chi connectivity index (χ3n) is 2.63. The van der Waals surface area contributed by atoms with E-state index in [1.807, 2.05) is 0 Å². The van der Waals surface area contributed by atoms with E-state index >= 15 is 0 Å². The minimum atomic E-state index is -0.635. The highest BCUT2D eigenvalue weighted by molar-refractivity contribution is 7.13. The molecule has 0 aromatic carbocycles. The number of carbonyl (C=O) groups is 2. The average molecular weight is 284 g/mol. The van der Waals surface area contributed by atoms with Crippen molar-refractivity contribution in [2.75, 3.05) is 18.4 Å². The molecule has 0 saturated heterocycles. The van der Waals surface area contributed by atoms with Crippen LogP contribution < -0.4 is 5.32 Å². The van der Waals surface area contributed by atoms with Gasteiger partial charge in [-0.1, -0.05) is 38.0 Å². The van der Waals surface area contributed by atoms with Gasteiger partial charge in [-0.3, -0.25) is 14.9 Å². The Morgan fingerprint density at radius 2 is 1.89 bits per heavy atom. The van der Waals surface area contributed by atoms with Crippen molar-refractivity contribution in [1.82, 2.24) is 15.1 Å². The van der Waals surface area contributed by atoms with Crippen molar-refractivity contribution in [3.8, 4) is 0 Å². The fraction of sp³-hybridized carbons (Fsp3) is 0.667. The normalized spacial score (nSPS) is 10.2. The maximum absolute atomic E-state index is 12.1. The van der Waals surface area contributed by atoms with Crippen LogP contribution in [0.4, 0.5) is 5.13 Å². The van der Waals surface area contributed by atoms with Gasteiger partial charge < -0.3 is 4.90 Å². The van der Waals surface area contributed by atoms with Crippen molar-refractivity contribution in [2.24, 2.45) is 0 Å². The summed E-state index contributed by atoms with van der Waals surface area (Å²) in [6.45, 7) is 5.37. The maximum atomic E-state index is 12.1. The predicted octanol–water partition coefficient (Wildman–Crippen LogP) is 1.91. The zero-order valence-corrected chi connectivity index (χ0v) is 12.2. The molecule has 0 fully saturated rings. The topological polar surface area (TPSA) is 75.2 Å². The monoisotopic (exact) mass is 284 g/mol. The fourth-order valence-electron chi connectivity index (χ4n) is 1.53. The van der Waals surface area contributed by atoms with Crippen molar-refractivity contribution in [3.63, 3.8) is 0 Å². The number of nitrogens with one attached hydrogen (secondary N) is 1. The van der Waals surface area contributed by atoms with Crippen LogP contribution in [0.3, 0.4) is 0 Å². The number of anilines is 1. The lowest BCUT2D eigenvalue weighted by atomic mass is 10.2. The first kappa shape index (κ1) is 15.6. The van der Waals surface area contributed by atoms with Crippen LogP contribution in [0, 0.1) is 0 Å². The molecule has 1 N–H and O–H groups in total. The summed E-state index contributed by atoms with van der Waals surface area (Å²) in [5.74, 6) is -1.12. The Hall–Kier alpha value is -1.50. The molecular weight excluding hydrogens is 264 g/mol. The summed E-state index contributed by atoms with van der Waals surface area (Å²) in [6.07, 6.45) is 3.80. The molecule has 1 aromatic heterocycles. The Kier molecular flexibility index (Phi) is 7.02. The smallest absolute Gasteiger partial charge is 0.315 e. The van der Waals surface area contributed by atoms with Gasteiger partial charge in [-0.25, -0.2) is 0 Å². The van der Waals surface area contributed by atoms with Gasteiger partial charge >= 0.3 is 11.8 Å². The van der Waals surface area contributed by atoms with Crippen molar-refractivity contribution >= 4 is 28.3 Å². The number of carbonyl (C=O) groups excluding carboxylic acids is 2. The van der Waals surface area contributed by atoms with Crippen molar-refractivity contribution in [2.45, 2.75) is 39.5 Å². The van der Waals surface area contributed by atoms with Gasteiger partial charge in [0.05, 0.1) is 0 Å².